The van der Waals surface area contributed by atoms with E-state index in [9.17, 15) is 0 Å². The van der Waals surface area contributed by atoms with Crippen molar-refractivity contribution < 1.29 is 0 Å². The summed E-state index contributed by atoms with van der Waals surface area (Å²) in [4.78, 5) is 2.71. The minimum atomic E-state index is -0.239. The number of aromatic nitrogens is 1. The van der Waals surface area contributed by atoms with E-state index >= 15 is 0 Å². The summed E-state index contributed by atoms with van der Waals surface area (Å²) in [7, 11) is 0. The molecular formula is C82H75BN2. The minimum Gasteiger partial charge on any atom is -0.310 e. The Labute approximate surface area is 503 Å². The van der Waals surface area contributed by atoms with Crippen LogP contribution in [0.15, 0.2) is 237 Å². The second kappa shape index (κ2) is 19.9. The highest BCUT2D eigenvalue weighted by Crippen LogP contribution is 2.51. The van der Waals surface area contributed by atoms with Crippen LogP contribution in [-0.4, -0.2) is 11.3 Å². The molecule has 2 aliphatic rings. The molecule has 0 saturated carbocycles. The van der Waals surface area contributed by atoms with Crippen LogP contribution < -0.4 is 21.3 Å². The van der Waals surface area contributed by atoms with Crippen molar-refractivity contribution in [2.45, 2.75) is 105 Å². The Balaban J connectivity index is 1.22. The van der Waals surface area contributed by atoms with Crippen LogP contribution in [0.5, 0.6) is 0 Å². The molecular weight excluding hydrogens is 1020 g/mol. The number of hydrogen-bond donors (Lipinski definition) is 0. The lowest BCUT2D eigenvalue weighted by Crippen LogP contribution is -2.60. The monoisotopic (exact) mass is 1100 g/mol. The van der Waals surface area contributed by atoms with Crippen LogP contribution in [0, 0.1) is 0 Å². The highest BCUT2D eigenvalue weighted by atomic mass is 15.2. The average Bonchev–Trinajstić information content (AvgIpc) is 1.72. The Morgan fingerprint density at radius 3 is 1.29 bits per heavy atom. The van der Waals surface area contributed by atoms with Crippen LogP contribution in [-0.2, 0) is 21.7 Å². The van der Waals surface area contributed by atoms with Gasteiger partial charge in [0.2, 0.25) is 0 Å². The molecule has 14 rings (SSSR count). The van der Waals surface area contributed by atoms with Gasteiger partial charge in [-0.15, -0.1) is 0 Å². The van der Waals surface area contributed by atoms with Gasteiger partial charge >= 0.3 is 0 Å². The van der Waals surface area contributed by atoms with Gasteiger partial charge < -0.3 is 9.47 Å². The van der Waals surface area contributed by atoms with Gasteiger partial charge in [-0.3, -0.25) is 0 Å². The van der Waals surface area contributed by atoms with Crippen LogP contribution in [0.4, 0.5) is 17.1 Å². The fourth-order valence-electron chi connectivity index (χ4n) is 13.7. The Morgan fingerprint density at radius 2 is 0.741 bits per heavy atom. The predicted molar refractivity (Wildman–Crippen MR) is 369 cm³/mol. The fourth-order valence-corrected chi connectivity index (χ4v) is 13.7. The smallest absolute Gasteiger partial charge is 0.252 e. The third kappa shape index (κ3) is 9.17. The van der Waals surface area contributed by atoms with Crippen molar-refractivity contribution in [1.82, 2.24) is 4.57 Å². The maximum atomic E-state index is 2.71. The zero-order chi connectivity index (χ0) is 58.9. The second-order valence-electron chi connectivity index (χ2n) is 28.2. The number of fused-ring (bicyclic) bond motifs is 11. The summed E-state index contributed by atoms with van der Waals surface area (Å²) in [6.07, 6.45) is 0. The Bertz CT molecular complexity index is 4630. The van der Waals surface area contributed by atoms with E-state index in [2.05, 4.69) is 329 Å². The number of rotatable bonds is 5. The first kappa shape index (κ1) is 54.1. The van der Waals surface area contributed by atoms with Crippen LogP contribution in [0.1, 0.15) is 105 Å². The molecule has 0 radical (unpaired) electrons. The van der Waals surface area contributed by atoms with E-state index in [-0.39, 0.29) is 28.4 Å². The number of benzene rings is 11. The summed E-state index contributed by atoms with van der Waals surface area (Å²) >= 11 is 0. The molecule has 416 valence electrons. The third-order valence-corrected chi connectivity index (χ3v) is 18.4. The maximum Gasteiger partial charge on any atom is 0.252 e. The molecule has 3 heteroatoms. The van der Waals surface area contributed by atoms with E-state index in [1.807, 2.05) is 0 Å². The summed E-state index contributed by atoms with van der Waals surface area (Å²) in [5.41, 5.74) is 25.5. The van der Waals surface area contributed by atoms with Gasteiger partial charge in [0.1, 0.15) is 0 Å². The number of nitrogens with zero attached hydrogens (tertiary/aromatic N) is 2. The molecule has 0 spiro atoms. The van der Waals surface area contributed by atoms with Crippen molar-refractivity contribution in [3.05, 3.63) is 259 Å². The fraction of sp³-hybridized carbons (Fsp3) is 0.195. The van der Waals surface area contributed by atoms with Crippen molar-refractivity contribution in [3.63, 3.8) is 0 Å². The first-order valence-electron chi connectivity index (χ1n) is 30.6. The van der Waals surface area contributed by atoms with E-state index in [0.717, 1.165) is 11.2 Å². The van der Waals surface area contributed by atoms with Crippen LogP contribution in [0.3, 0.4) is 0 Å². The molecule has 2 nitrogen and oxygen atoms in total. The maximum absolute atomic E-state index is 2.71. The van der Waals surface area contributed by atoms with E-state index in [1.54, 1.807) is 0 Å². The number of hydrogen-bond acceptors (Lipinski definition) is 1. The average molecular weight is 1100 g/mol. The summed E-state index contributed by atoms with van der Waals surface area (Å²) in [5, 5.41) is 7.31. The summed E-state index contributed by atoms with van der Waals surface area (Å²) in [6, 6.07) is 91.1. The number of para-hydroxylation sites is 2. The van der Waals surface area contributed by atoms with Crippen LogP contribution in [0.2, 0.25) is 0 Å². The lowest BCUT2D eigenvalue weighted by atomic mass is 9.33. The number of anilines is 3. The quantitative estimate of drug-likeness (QED) is 0.156. The molecule has 85 heavy (non-hydrogen) atoms. The standard InChI is InChI=1S/C82H75BN2/c1-79(2,3)58-41-38-52(39-42-58)57-46-69-67-33-22-20-31-65(67)64-30-19-21-32-66(64)68-34-23-24-37-72(68)84-74-50-61(82(10,11)12)51-75-76(74)83(71(47-57)78(69)84)70-43-40-55(56-44-59(80(4,5)6)49-60(45-56)81(7,8)9)48-73(70)85(75)77-62(53-26-15-13-16-27-53)35-25-36-63(77)54-28-17-14-18-29-54/h13-51H,1-12H3. The van der Waals surface area contributed by atoms with Gasteiger partial charge in [-0.2, -0.15) is 0 Å². The molecule has 0 atom stereocenters. The second-order valence-corrected chi connectivity index (χ2v) is 28.2. The first-order valence-corrected chi connectivity index (χ1v) is 30.6. The topological polar surface area (TPSA) is 8.17 Å². The molecule has 0 aliphatic carbocycles. The summed E-state index contributed by atoms with van der Waals surface area (Å²) in [5.74, 6) is 0. The molecule has 2 aliphatic heterocycles. The Hall–Kier alpha value is -8.92. The lowest BCUT2D eigenvalue weighted by Gasteiger charge is -2.43. The van der Waals surface area contributed by atoms with Crippen molar-refractivity contribution in [2.75, 3.05) is 4.90 Å². The van der Waals surface area contributed by atoms with Crippen molar-refractivity contribution in [1.29, 1.82) is 0 Å². The van der Waals surface area contributed by atoms with Gasteiger partial charge in [0.15, 0.2) is 0 Å². The highest BCUT2D eigenvalue weighted by molar-refractivity contribution is 7.00. The van der Waals surface area contributed by atoms with E-state index in [4.69, 9.17) is 0 Å². The molecule has 3 heterocycles. The molecule has 0 saturated heterocycles. The molecule has 1 aromatic heterocycles. The van der Waals surface area contributed by atoms with Crippen LogP contribution in [0.25, 0.3) is 93.5 Å². The van der Waals surface area contributed by atoms with Crippen molar-refractivity contribution >= 4 is 83.5 Å². The van der Waals surface area contributed by atoms with E-state index in [1.165, 1.54) is 138 Å². The van der Waals surface area contributed by atoms with Gasteiger partial charge in [-0.1, -0.05) is 289 Å². The van der Waals surface area contributed by atoms with Gasteiger partial charge in [-0.05, 0) is 146 Å². The van der Waals surface area contributed by atoms with Gasteiger partial charge in [0.25, 0.3) is 6.71 Å². The van der Waals surface area contributed by atoms with Crippen LogP contribution >= 0.6 is 0 Å². The molecule has 12 aromatic rings. The molecule has 0 amide bonds. The highest BCUT2D eigenvalue weighted by Gasteiger charge is 2.44. The largest absolute Gasteiger partial charge is 0.310 e. The molecule has 0 fully saturated rings. The zero-order valence-electron chi connectivity index (χ0n) is 51.5. The third-order valence-electron chi connectivity index (χ3n) is 18.4. The SMILES string of the molecule is CC(C)(C)c1ccc(-c2cc3c4c(c2)c2ccccc2c2ccccc2c2ccccc2n4-c2cc(C(C)(C)C)cc4c2B3c2ccc(-c3cc(C(C)(C)C)cc(C(C)(C)C)c3)cc2N4c2c(-c3ccccc3)cccc2-c2ccccc2)cc1. The molecule has 0 N–H and O–H groups in total. The lowest BCUT2D eigenvalue weighted by molar-refractivity contribution is 0.569. The first-order chi connectivity index (χ1) is 40.7. The van der Waals surface area contributed by atoms with Crippen molar-refractivity contribution in [2.24, 2.45) is 0 Å². The zero-order valence-corrected chi connectivity index (χ0v) is 51.5. The van der Waals surface area contributed by atoms with Gasteiger partial charge in [0, 0.05) is 44.5 Å². The normalized spacial score (nSPS) is 13.1. The van der Waals surface area contributed by atoms with Gasteiger partial charge in [0.05, 0.1) is 11.2 Å². The summed E-state index contributed by atoms with van der Waals surface area (Å²) < 4.78 is 2.70. The van der Waals surface area contributed by atoms with Gasteiger partial charge in [-0.25, -0.2) is 0 Å². The Kier molecular flexibility index (Phi) is 12.6. The molecule has 11 aromatic carbocycles. The molecule has 0 bridgehead atoms. The Morgan fingerprint density at radius 1 is 0.282 bits per heavy atom. The summed E-state index contributed by atoms with van der Waals surface area (Å²) in [6.45, 7) is 28.0. The van der Waals surface area contributed by atoms with E-state index < -0.39 is 0 Å². The van der Waals surface area contributed by atoms with E-state index in [0.29, 0.717) is 0 Å². The van der Waals surface area contributed by atoms with Crippen molar-refractivity contribution in [3.8, 4) is 50.2 Å². The predicted octanol–water partition coefficient (Wildman–Crippen LogP) is 20.7. The minimum absolute atomic E-state index is 0.0133. The molecule has 0 unspecified atom stereocenters.